The maximum atomic E-state index is 5.92. The molecule has 2 aromatic rings. The first-order chi connectivity index (χ1) is 10.6. The van der Waals surface area contributed by atoms with Crippen LogP contribution in [0.4, 0.5) is 5.82 Å². The molecule has 2 saturated heterocycles. The average molecular weight is 318 g/mol. The zero-order chi connectivity index (χ0) is 15.3. The molecule has 6 heteroatoms. The predicted octanol–water partition coefficient (Wildman–Crippen LogP) is 2.74. The minimum atomic E-state index is 0.460. The molecule has 4 heterocycles. The minimum absolute atomic E-state index is 0.460. The van der Waals surface area contributed by atoms with Gasteiger partial charge in [-0.1, -0.05) is 11.6 Å². The van der Waals surface area contributed by atoms with Gasteiger partial charge in [-0.3, -0.25) is 0 Å². The summed E-state index contributed by atoms with van der Waals surface area (Å²) in [6.07, 6.45) is 6.79. The fourth-order valence-electron chi connectivity index (χ4n) is 3.94. The number of anilines is 1. The number of pyridine rings is 1. The highest BCUT2D eigenvalue weighted by molar-refractivity contribution is 6.29. The normalized spacial score (nSPS) is 27.8. The first-order valence-corrected chi connectivity index (χ1v) is 8.23. The van der Waals surface area contributed by atoms with Crippen LogP contribution >= 0.6 is 11.6 Å². The molecule has 2 unspecified atom stereocenters. The average Bonchev–Trinajstić information content (AvgIpc) is 2.76. The first kappa shape index (κ1) is 14.2. The zero-order valence-corrected chi connectivity index (χ0v) is 13.7. The molecule has 2 fully saturated rings. The van der Waals surface area contributed by atoms with Crippen LogP contribution in [0.1, 0.15) is 25.7 Å². The lowest BCUT2D eigenvalue weighted by Gasteiger charge is -2.41. The summed E-state index contributed by atoms with van der Waals surface area (Å²) in [5.74, 6) is 0.987. The van der Waals surface area contributed by atoms with E-state index in [0.717, 1.165) is 11.3 Å². The Balaban J connectivity index is 1.66. The molecule has 0 N–H and O–H groups in total. The van der Waals surface area contributed by atoms with Gasteiger partial charge in [0.05, 0.1) is 6.20 Å². The highest BCUT2D eigenvalue weighted by Gasteiger charge is 2.42. The second-order valence-corrected chi connectivity index (χ2v) is 6.97. The molecule has 116 valence electrons. The van der Waals surface area contributed by atoms with Crippen molar-refractivity contribution in [2.75, 3.05) is 19.0 Å². The molecule has 0 saturated carbocycles. The quantitative estimate of drug-likeness (QED) is 0.797. The van der Waals surface area contributed by atoms with E-state index in [4.69, 9.17) is 16.6 Å². The van der Waals surface area contributed by atoms with Crippen LogP contribution in [0.3, 0.4) is 0 Å². The number of halogens is 1. The van der Waals surface area contributed by atoms with E-state index in [9.17, 15) is 0 Å². The van der Waals surface area contributed by atoms with Crippen molar-refractivity contribution in [2.45, 2.75) is 43.8 Å². The Bertz CT molecular complexity index is 690. The smallest absolute Gasteiger partial charge is 0.179 e. The lowest BCUT2D eigenvalue weighted by atomic mass is 9.96. The third-order valence-electron chi connectivity index (χ3n) is 5.06. The Hall–Kier alpha value is -1.46. The van der Waals surface area contributed by atoms with E-state index in [1.807, 2.05) is 12.3 Å². The highest BCUT2D eigenvalue weighted by atomic mass is 35.5. The SMILES string of the molecule is CN(C)C1CC2CCC(C1)N2c1cnc2nc(Cl)ccc2n1. The molecule has 0 aliphatic carbocycles. The summed E-state index contributed by atoms with van der Waals surface area (Å²) in [4.78, 5) is 18.3. The molecule has 0 aromatic carbocycles. The maximum absolute atomic E-state index is 5.92. The molecule has 2 bridgehead atoms. The summed E-state index contributed by atoms with van der Waals surface area (Å²) in [5, 5.41) is 0.460. The molecule has 2 atom stereocenters. The van der Waals surface area contributed by atoms with Gasteiger partial charge in [0.2, 0.25) is 0 Å². The Morgan fingerprint density at radius 1 is 1.14 bits per heavy atom. The highest BCUT2D eigenvalue weighted by Crippen LogP contribution is 2.39. The number of hydrogen-bond donors (Lipinski definition) is 0. The molecular formula is C16H20ClN5. The second kappa shape index (κ2) is 5.32. The van der Waals surface area contributed by atoms with Crippen LogP contribution in [-0.4, -0.2) is 52.1 Å². The van der Waals surface area contributed by atoms with Crippen LogP contribution in [0.15, 0.2) is 18.3 Å². The number of piperidine rings is 1. The van der Waals surface area contributed by atoms with E-state index in [1.54, 1.807) is 6.07 Å². The Morgan fingerprint density at radius 2 is 1.86 bits per heavy atom. The summed E-state index contributed by atoms with van der Waals surface area (Å²) in [6.45, 7) is 0. The summed E-state index contributed by atoms with van der Waals surface area (Å²) in [6, 6.07) is 5.52. The van der Waals surface area contributed by atoms with Gasteiger partial charge in [0, 0.05) is 18.1 Å². The van der Waals surface area contributed by atoms with Crippen LogP contribution in [0, 0.1) is 0 Å². The number of aromatic nitrogens is 3. The van der Waals surface area contributed by atoms with Gasteiger partial charge in [-0.15, -0.1) is 0 Å². The topological polar surface area (TPSA) is 45.2 Å². The van der Waals surface area contributed by atoms with Crippen LogP contribution < -0.4 is 4.90 Å². The molecule has 4 rings (SSSR count). The number of fused-ring (bicyclic) bond motifs is 3. The van der Waals surface area contributed by atoms with Gasteiger partial charge in [-0.25, -0.2) is 15.0 Å². The number of rotatable bonds is 2. The lowest BCUT2D eigenvalue weighted by molar-refractivity contribution is 0.221. The lowest BCUT2D eigenvalue weighted by Crippen LogP contribution is -2.49. The van der Waals surface area contributed by atoms with Gasteiger partial charge in [0.1, 0.15) is 16.5 Å². The molecule has 2 aliphatic rings. The third-order valence-corrected chi connectivity index (χ3v) is 5.27. The van der Waals surface area contributed by atoms with Crippen molar-refractivity contribution >= 4 is 28.6 Å². The third kappa shape index (κ3) is 2.32. The van der Waals surface area contributed by atoms with Crippen molar-refractivity contribution in [3.05, 3.63) is 23.5 Å². The van der Waals surface area contributed by atoms with Crippen LogP contribution in [-0.2, 0) is 0 Å². The van der Waals surface area contributed by atoms with Crippen LogP contribution in [0.25, 0.3) is 11.2 Å². The molecule has 2 aromatic heterocycles. The van der Waals surface area contributed by atoms with Crippen molar-refractivity contribution < 1.29 is 0 Å². The fourth-order valence-corrected chi connectivity index (χ4v) is 4.08. The van der Waals surface area contributed by atoms with Crippen LogP contribution in [0.5, 0.6) is 0 Å². The van der Waals surface area contributed by atoms with Gasteiger partial charge < -0.3 is 9.80 Å². The van der Waals surface area contributed by atoms with E-state index in [-0.39, 0.29) is 0 Å². The van der Waals surface area contributed by atoms with Crippen molar-refractivity contribution in [3.8, 4) is 0 Å². The number of nitrogens with zero attached hydrogens (tertiary/aromatic N) is 5. The van der Waals surface area contributed by atoms with Gasteiger partial charge in [0.25, 0.3) is 0 Å². The fraction of sp³-hybridized carbons (Fsp3) is 0.562. The summed E-state index contributed by atoms with van der Waals surface area (Å²) >= 11 is 5.92. The van der Waals surface area contributed by atoms with Gasteiger partial charge >= 0.3 is 0 Å². The van der Waals surface area contributed by atoms with Crippen molar-refractivity contribution in [1.82, 2.24) is 19.9 Å². The molecule has 22 heavy (non-hydrogen) atoms. The molecule has 5 nitrogen and oxygen atoms in total. The maximum Gasteiger partial charge on any atom is 0.179 e. The largest absolute Gasteiger partial charge is 0.349 e. The second-order valence-electron chi connectivity index (χ2n) is 6.59. The van der Waals surface area contributed by atoms with Crippen molar-refractivity contribution in [1.29, 1.82) is 0 Å². The van der Waals surface area contributed by atoms with E-state index >= 15 is 0 Å². The van der Waals surface area contributed by atoms with E-state index < -0.39 is 0 Å². The van der Waals surface area contributed by atoms with Gasteiger partial charge in [-0.2, -0.15) is 0 Å². The standard InChI is InChI=1S/C16H20ClN5/c1-21(2)12-7-10-3-4-11(8-12)22(10)15-9-18-16-13(19-15)5-6-14(17)20-16/h5-6,9-12H,3-4,7-8H2,1-2H3. The summed E-state index contributed by atoms with van der Waals surface area (Å²) in [5.41, 5.74) is 1.43. The number of hydrogen-bond acceptors (Lipinski definition) is 5. The Labute approximate surface area is 135 Å². The Kier molecular flexibility index (Phi) is 3.42. The minimum Gasteiger partial charge on any atom is -0.349 e. The molecule has 0 radical (unpaired) electrons. The first-order valence-electron chi connectivity index (χ1n) is 7.86. The summed E-state index contributed by atoms with van der Waals surface area (Å²) in [7, 11) is 4.37. The molecule has 0 amide bonds. The molecule has 0 spiro atoms. The van der Waals surface area contributed by atoms with Crippen molar-refractivity contribution in [3.63, 3.8) is 0 Å². The summed E-state index contributed by atoms with van der Waals surface area (Å²) < 4.78 is 0. The monoisotopic (exact) mass is 317 g/mol. The van der Waals surface area contributed by atoms with E-state index in [0.29, 0.717) is 28.9 Å². The predicted molar refractivity (Wildman–Crippen MR) is 88.3 cm³/mol. The van der Waals surface area contributed by atoms with Crippen LogP contribution in [0.2, 0.25) is 5.15 Å². The Morgan fingerprint density at radius 3 is 2.55 bits per heavy atom. The van der Waals surface area contributed by atoms with E-state index in [1.165, 1.54) is 25.7 Å². The van der Waals surface area contributed by atoms with E-state index in [2.05, 4.69) is 33.9 Å². The zero-order valence-electron chi connectivity index (χ0n) is 12.9. The van der Waals surface area contributed by atoms with Crippen molar-refractivity contribution in [2.24, 2.45) is 0 Å². The molecule has 2 aliphatic heterocycles. The van der Waals surface area contributed by atoms with Gasteiger partial charge in [0.15, 0.2) is 5.65 Å². The van der Waals surface area contributed by atoms with Gasteiger partial charge in [-0.05, 0) is 51.9 Å². The molecular weight excluding hydrogens is 298 g/mol.